The average molecular weight is 367 g/mol. The van der Waals surface area contributed by atoms with Gasteiger partial charge in [0.25, 0.3) is 15.9 Å². The zero-order valence-corrected chi connectivity index (χ0v) is 14.6. The third-order valence-electron chi connectivity index (χ3n) is 3.02. The second kappa shape index (κ2) is 7.79. The fourth-order valence-corrected chi connectivity index (χ4v) is 2.80. The minimum absolute atomic E-state index is 0.0325. The van der Waals surface area contributed by atoms with Gasteiger partial charge in [-0.15, -0.1) is 0 Å². The van der Waals surface area contributed by atoms with Crippen LogP contribution in [0.4, 0.5) is 0 Å². The SMILES string of the molecule is COc1cc(OC)nc(OC(C)C(=O)NS(=O)(=O)c2ccccc2)n1. The van der Waals surface area contributed by atoms with Gasteiger partial charge in [0, 0.05) is 0 Å². The lowest BCUT2D eigenvalue weighted by molar-refractivity contribution is -0.125. The maximum atomic E-state index is 12.1. The van der Waals surface area contributed by atoms with Gasteiger partial charge in [-0.2, -0.15) is 9.97 Å². The summed E-state index contributed by atoms with van der Waals surface area (Å²) in [6.45, 7) is 1.37. The normalized spacial score (nSPS) is 12.1. The van der Waals surface area contributed by atoms with E-state index in [2.05, 4.69) is 9.97 Å². The molecule has 0 aliphatic carbocycles. The molecule has 2 rings (SSSR count). The number of rotatable bonds is 7. The predicted octanol–water partition coefficient (Wildman–Crippen LogP) is 0.766. The van der Waals surface area contributed by atoms with Gasteiger partial charge in [-0.3, -0.25) is 4.79 Å². The van der Waals surface area contributed by atoms with Crippen LogP contribution >= 0.6 is 0 Å². The van der Waals surface area contributed by atoms with Crippen molar-refractivity contribution in [3.8, 4) is 17.8 Å². The maximum Gasteiger partial charge on any atom is 0.323 e. The molecular formula is C15H17N3O6S. The highest BCUT2D eigenvalue weighted by atomic mass is 32.2. The highest BCUT2D eigenvalue weighted by molar-refractivity contribution is 7.90. The smallest absolute Gasteiger partial charge is 0.323 e. The number of methoxy groups -OCH3 is 2. The van der Waals surface area contributed by atoms with Gasteiger partial charge in [-0.05, 0) is 19.1 Å². The Labute approximate surface area is 145 Å². The average Bonchev–Trinajstić information content (AvgIpc) is 2.61. The first-order chi connectivity index (χ1) is 11.9. The number of aromatic nitrogens is 2. The van der Waals surface area contributed by atoms with Crippen LogP contribution in [0.2, 0.25) is 0 Å². The highest BCUT2D eigenvalue weighted by Gasteiger charge is 2.23. The van der Waals surface area contributed by atoms with E-state index in [1.807, 2.05) is 4.72 Å². The summed E-state index contributed by atoms with van der Waals surface area (Å²) in [6, 6.07) is 8.76. The molecule has 0 aliphatic rings. The molecule has 0 aliphatic heterocycles. The first-order valence-electron chi connectivity index (χ1n) is 7.11. The molecule has 1 heterocycles. The van der Waals surface area contributed by atoms with Crippen molar-refractivity contribution >= 4 is 15.9 Å². The second-order valence-corrected chi connectivity index (χ2v) is 6.46. The summed E-state index contributed by atoms with van der Waals surface area (Å²) in [4.78, 5) is 19.9. The molecule has 0 saturated heterocycles. The molecule has 0 saturated carbocycles. The molecule has 9 nitrogen and oxygen atoms in total. The van der Waals surface area contributed by atoms with Crippen molar-refractivity contribution in [2.24, 2.45) is 0 Å². The van der Waals surface area contributed by atoms with Crippen LogP contribution in [0.15, 0.2) is 41.3 Å². The first-order valence-corrected chi connectivity index (χ1v) is 8.59. The standard InChI is InChI=1S/C15H17N3O6S/c1-10(24-15-16-12(22-2)9-13(17-15)23-3)14(19)18-25(20,21)11-7-5-4-6-8-11/h4-10H,1-3H3,(H,18,19). The predicted molar refractivity (Wildman–Crippen MR) is 87.0 cm³/mol. The summed E-state index contributed by atoms with van der Waals surface area (Å²) in [5, 5.41) is 0. The fourth-order valence-electron chi connectivity index (χ4n) is 1.73. The number of benzene rings is 1. The van der Waals surface area contributed by atoms with Gasteiger partial charge >= 0.3 is 6.01 Å². The summed E-state index contributed by atoms with van der Waals surface area (Å²) >= 11 is 0. The summed E-state index contributed by atoms with van der Waals surface area (Å²) < 4.78 is 41.4. The van der Waals surface area contributed by atoms with E-state index in [1.165, 1.54) is 39.3 Å². The molecule has 0 fully saturated rings. The van der Waals surface area contributed by atoms with Crippen LogP contribution in [0.3, 0.4) is 0 Å². The van der Waals surface area contributed by atoms with Crippen molar-refractivity contribution in [1.29, 1.82) is 0 Å². The number of amides is 1. The van der Waals surface area contributed by atoms with E-state index < -0.39 is 22.0 Å². The van der Waals surface area contributed by atoms with Crippen molar-refractivity contribution in [2.75, 3.05) is 14.2 Å². The van der Waals surface area contributed by atoms with E-state index >= 15 is 0 Å². The summed E-state index contributed by atoms with van der Waals surface area (Å²) in [6.07, 6.45) is -1.17. The largest absolute Gasteiger partial charge is 0.481 e. The lowest BCUT2D eigenvalue weighted by Crippen LogP contribution is -2.40. The van der Waals surface area contributed by atoms with E-state index in [-0.39, 0.29) is 22.7 Å². The van der Waals surface area contributed by atoms with Gasteiger partial charge < -0.3 is 14.2 Å². The zero-order valence-electron chi connectivity index (χ0n) is 13.8. The number of nitrogens with one attached hydrogen (secondary N) is 1. The Balaban J connectivity index is 2.10. The molecule has 0 radical (unpaired) electrons. The van der Waals surface area contributed by atoms with E-state index in [4.69, 9.17) is 14.2 Å². The van der Waals surface area contributed by atoms with Crippen LogP contribution in [-0.2, 0) is 14.8 Å². The molecule has 1 aromatic carbocycles. The van der Waals surface area contributed by atoms with Gasteiger partial charge in [-0.1, -0.05) is 18.2 Å². The first kappa shape index (κ1) is 18.5. The van der Waals surface area contributed by atoms with Crippen LogP contribution in [0.5, 0.6) is 17.8 Å². The number of ether oxygens (including phenoxy) is 3. The number of nitrogens with zero attached hydrogens (tertiary/aromatic N) is 2. The molecule has 134 valence electrons. The van der Waals surface area contributed by atoms with Gasteiger partial charge in [0.2, 0.25) is 11.8 Å². The molecule has 1 amide bonds. The zero-order chi connectivity index (χ0) is 18.4. The van der Waals surface area contributed by atoms with Crippen LogP contribution in [0.1, 0.15) is 6.92 Å². The lowest BCUT2D eigenvalue weighted by Gasteiger charge is -2.14. The minimum atomic E-state index is -3.99. The quantitative estimate of drug-likeness (QED) is 0.762. The summed E-state index contributed by atoms with van der Waals surface area (Å²) in [5.41, 5.74) is 0. The number of hydrogen-bond donors (Lipinski definition) is 1. The number of sulfonamides is 1. The van der Waals surface area contributed by atoms with Gasteiger partial charge in [0.1, 0.15) is 0 Å². The Morgan fingerprint density at radius 3 is 2.16 bits per heavy atom. The molecule has 1 aromatic heterocycles. The molecule has 10 heteroatoms. The Bertz CT molecular complexity index is 819. The van der Waals surface area contributed by atoms with Crippen LogP contribution < -0.4 is 18.9 Å². The molecule has 1 N–H and O–H groups in total. The topological polar surface area (TPSA) is 117 Å². The maximum absolute atomic E-state index is 12.1. The van der Waals surface area contributed by atoms with E-state index in [1.54, 1.807) is 18.2 Å². The lowest BCUT2D eigenvalue weighted by atomic mass is 10.4. The number of carbonyl (C=O) groups is 1. The fraction of sp³-hybridized carbons (Fsp3) is 0.267. The third kappa shape index (κ3) is 4.80. The molecular weight excluding hydrogens is 350 g/mol. The van der Waals surface area contributed by atoms with Crippen LogP contribution in [-0.4, -0.2) is 44.6 Å². The third-order valence-corrected chi connectivity index (χ3v) is 4.38. The second-order valence-electron chi connectivity index (χ2n) is 4.78. The Hall–Kier alpha value is -2.88. The van der Waals surface area contributed by atoms with E-state index in [9.17, 15) is 13.2 Å². The Morgan fingerprint density at radius 1 is 1.08 bits per heavy atom. The molecule has 2 aromatic rings. The molecule has 0 spiro atoms. The van der Waals surface area contributed by atoms with Crippen molar-refractivity contribution in [3.05, 3.63) is 36.4 Å². The monoisotopic (exact) mass is 367 g/mol. The van der Waals surface area contributed by atoms with E-state index in [0.29, 0.717) is 0 Å². The Kier molecular flexibility index (Phi) is 5.75. The summed E-state index contributed by atoms with van der Waals surface area (Å²) in [5.74, 6) is -0.521. The molecule has 0 bridgehead atoms. The molecule has 25 heavy (non-hydrogen) atoms. The Morgan fingerprint density at radius 2 is 1.64 bits per heavy atom. The van der Waals surface area contributed by atoms with Crippen LogP contribution in [0, 0.1) is 0 Å². The minimum Gasteiger partial charge on any atom is -0.481 e. The van der Waals surface area contributed by atoms with Crippen molar-refractivity contribution in [3.63, 3.8) is 0 Å². The van der Waals surface area contributed by atoms with E-state index in [0.717, 1.165) is 0 Å². The van der Waals surface area contributed by atoms with Gasteiger partial charge in [0.15, 0.2) is 6.10 Å². The van der Waals surface area contributed by atoms with Crippen LogP contribution in [0.25, 0.3) is 0 Å². The number of carbonyl (C=O) groups excluding carboxylic acids is 1. The van der Waals surface area contributed by atoms with Crippen molar-refractivity contribution in [2.45, 2.75) is 17.9 Å². The van der Waals surface area contributed by atoms with Gasteiger partial charge in [-0.25, -0.2) is 13.1 Å². The molecule has 1 atom stereocenters. The van der Waals surface area contributed by atoms with Crippen molar-refractivity contribution in [1.82, 2.24) is 14.7 Å². The van der Waals surface area contributed by atoms with Crippen molar-refractivity contribution < 1.29 is 27.4 Å². The summed E-state index contributed by atoms with van der Waals surface area (Å²) in [7, 11) is -1.20. The highest BCUT2D eigenvalue weighted by Crippen LogP contribution is 2.19. The number of hydrogen-bond acceptors (Lipinski definition) is 8. The molecule has 1 unspecified atom stereocenters. The van der Waals surface area contributed by atoms with Gasteiger partial charge in [0.05, 0.1) is 25.2 Å².